The molecule has 2 aliphatic rings. The van der Waals surface area contributed by atoms with Gasteiger partial charge in [0.2, 0.25) is 0 Å². The molecule has 1 heterocycles. The second kappa shape index (κ2) is 11.5. The Morgan fingerprint density at radius 1 is 0.921 bits per heavy atom. The van der Waals surface area contributed by atoms with Gasteiger partial charge in [0.15, 0.2) is 5.78 Å². The molecule has 0 fully saturated rings. The van der Waals surface area contributed by atoms with Crippen LogP contribution in [0.2, 0.25) is 0 Å². The van der Waals surface area contributed by atoms with E-state index in [4.69, 9.17) is 9.47 Å². The van der Waals surface area contributed by atoms with E-state index in [0.29, 0.717) is 48.6 Å². The molecule has 0 aromatic heterocycles. The van der Waals surface area contributed by atoms with Crippen molar-refractivity contribution in [1.82, 2.24) is 5.32 Å². The average Bonchev–Trinajstić information content (AvgIpc) is 2.95. The number of benzene rings is 3. The van der Waals surface area contributed by atoms with Crippen molar-refractivity contribution in [2.45, 2.75) is 51.6 Å². The first kappa shape index (κ1) is 25.5. The Kier molecular flexibility index (Phi) is 7.73. The summed E-state index contributed by atoms with van der Waals surface area (Å²) in [6, 6.07) is 27.8. The van der Waals surface area contributed by atoms with E-state index in [2.05, 4.69) is 17.4 Å². The van der Waals surface area contributed by atoms with Crippen LogP contribution >= 0.6 is 0 Å². The van der Waals surface area contributed by atoms with E-state index in [1.807, 2.05) is 86.6 Å². The maximum atomic E-state index is 13.9. The van der Waals surface area contributed by atoms with Gasteiger partial charge >= 0.3 is 5.97 Å². The predicted molar refractivity (Wildman–Crippen MR) is 147 cm³/mol. The zero-order valence-corrected chi connectivity index (χ0v) is 21.9. The smallest absolute Gasteiger partial charge is 0.336 e. The van der Waals surface area contributed by atoms with Gasteiger partial charge in [-0.3, -0.25) is 4.79 Å². The van der Waals surface area contributed by atoms with Crippen LogP contribution in [0.1, 0.15) is 61.6 Å². The molecule has 0 amide bonds. The van der Waals surface area contributed by atoms with Crippen molar-refractivity contribution in [2.24, 2.45) is 0 Å². The third-order valence-corrected chi connectivity index (χ3v) is 7.22. The number of ether oxygens (including phenoxy) is 2. The molecule has 3 aromatic rings. The number of hydrogen-bond donors (Lipinski definition) is 1. The molecule has 1 aliphatic heterocycles. The summed E-state index contributed by atoms with van der Waals surface area (Å²) in [6.07, 6.45) is 1.81. The van der Waals surface area contributed by atoms with E-state index in [-0.39, 0.29) is 11.7 Å². The van der Waals surface area contributed by atoms with Gasteiger partial charge in [0.25, 0.3) is 0 Å². The monoisotopic (exact) mass is 507 g/mol. The Labute approximate surface area is 224 Å². The molecular weight excluding hydrogens is 474 g/mol. The van der Waals surface area contributed by atoms with Gasteiger partial charge in [-0.1, -0.05) is 85.8 Å². The molecule has 0 saturated carbocycles. The first-order valence-electron chi connectivity index (χ1n) is 13.3. The Bertz CT molecular complexity index is 1370. The third-order valence-electron chi connectivity index (χ3n) is 7.22. The van der Waals surface area contributed by atoms with Crippen LogP contribution in [0.25, 0.3) is 0 Å². The Hall–Kier alpha value is -4.12. The average molecular weight is 508 g/mol. The molecule has 5 nitrogen and oxygen atoms in total. The fraction of sp³-hybridized carbons (Fsp3) is 0.273. The highest BCUT2D eigenvalue weighted by Gasteiger charge is 2.42. The highest BCUT2D eigenvalue weighted by molar-refractivity contribution is 6.04. The zero-order valence-electron chi connectivity index (χ0n) is 21.9. The molecule has 194 valence electrons. The summed E-state index contributed by atoms with van der Waals surface area (Å²) in [6.45, 7) is 4.57. The quantitative estimate of drug-likeness (QED) is 0.349. The van der Waals surface area contributed by atoms with Crippen molar-refractivity contribution in [1.29, 1.82) is 0 Å². The summed E-state index contributed by atoms with van der Waals surface area (Å²) < 4.78 is 11.9. The second-order valence-electron chi connectivity index (χ2n) is 9.88. The van der Waals surface area contributed by atoms with Crippen molar-refractivity contribution in [3.63, 3.8) is 0 Å². The predicted octanol–water partition coefficient (Wildman–Crippen LogP) is 6.58. The first-order chi connectivity index (χ1) is 18.6. The van der Waals surface area contributed by atoms with Gasteiger partial charge in [-0.15, -0.1) is 0 Å². The normalized spacial score (nSPS) is 19.1. The fourth-order valence-corrected chi connectivity index (χ4v) is 5.44. The van der Waals surface area contributed by atoms with Crippen LogP contribution in [0.5, 0.6) is 5.75 Å². The van der Waals surface area contributed by atoms with E-state index >= 15 is 0 Å². The van der Waals surface area contributed by atoms with E-state index in [1.54, 1.807) is 0 Å². The van der Waals surface area contributed by atoms with Crippen LogP contribution in [0.4, 0.5) is 0 Å². The lowest BCUT2D eigenvalue weighted by Gasteiger charge is -2.37. The van der Waals surface area contributed by atoms with Crippen LogP contribution < -0.4 is 10.1 Å². The summed E-state index contributed by atoms with van der Waals surface area (Å²) in [4.78, 5) is 27.3. The van der Waals surface area contributed by atoms with Gasteiger partial charge in [-0.2, -0.15) is 0 Å². The minimum absolute atomic E-state index is 0.0451. The molecule has 5 heteroatoms. The highest BCUT2D eigenvalue weighted by atomic mass is 16.5. The van der Waals surface area contributed by atoms with Crippen molar-refractivity contribution < 1.29 is 19.1 Å². The molecule has 2 atom stereocenters. The summed E-state index contributed by atoms with van der Waals surface area (Å²) in [5.41, 5.74) is 5.69. The van der Waals surface area contributed by atoms with Crippen molar-refractivity contribution in [3.8, 4) is 5.75 Å². The van der Waals surface area contributed by atoms with Gasteiger partial charge in [-0.05, 0) is 42.9 Å². The maximum absolute atomic E-state index is 13.9. The van der Waals surface area contributed by atoms with Gasteiger partial charge in [0.05, 0.1) is 18.1 Å². The number of para-hydroxylation sites is 1. The summed E-state index contributed by atoms with van der Waals surface area (Å²) in [5.74, 6) is -0.178. The lowest BCUT2D eigenvalue weighted by Crippen LogP contribution is -2.36. The van der Waals surface area contributed by atoms with Crippen LogP contribution in [-0.4, -0.2) is 18.4 Å². The number of allylic oxidation sites excluding steroid dienone is 3. The second-order valence-corrected chi connectivity index (χ2v) is 9.88. The van der Waals surface area contributed by atoms with E-state index < -0.39 is 11.9 Å². The van der Waals surface area contributed by atoms with Gasteiger partial charge < -0.3 is 14.8 Å². The number of esters is 1. The van der Waals surface area contributed by atoms with E-state index in [0.717, 1.165) is 28.8 Å². The summed E-state index contributed by atoms with van der Waals surface area (Å²) in [7, 11) is 0. The lowest BCUT2D eigenvalue weighted by atomic mass is 9.71. The number of ketones is 1. The van der Waals surface area contributed by atoms with Crippen LogP contribution in [-0.2, 0) is 20.9 Å². The molecule has 2 unspecified atom stereocenters. The van der Waals surface area contributed by atoms with Crippen molar-refractivity contribution in [2.75, 3.05) is 6.61 Å². The fourth-order valence-electron chi connectivity index (χ4n) is 5.44. The zero-order chi connectivity index (χ0) is 26.5. The number of dihydropyridines is 1. The Morgan fingerprint density at radius 3 is 2.34 bits per heavy atom. The molecule has 38 heavy (non-hydrogen) atoms. The molecule has 1 aliphatic carbocycles. The van der Waals surface area contributed by atoms with E-state index in [1.165, 1.54) is 0 Å². The largest absolute Gasteiger partial charge is 0.489 e. The molecule has 0 spiro atoms. The summed E-state index contributed by atoms with van der Waals surface area (Å²) >= 11 is 0. The third kappa shape index (κ3) is 5.28. The molecule has 3 aromatic carbocycles. The summed E-state index contributed by atoms with van der Waals surface area (Å²) in [5, 5.41) is 3.43. The first-order valence-corrected chi connectivity index (χ1v) is 13.3. The minimum Gasteiger partial charge on any atom is -0.489 e. The van der Waals surface area contributed by atoms with Crippen LogP contribution in [0.3, 0.4) is 0 Å². The number of carbonyl (C=O) groups is 2. The molecule has 5 rings (SSSR count). The Balaban J connectivity index is 1.56. The number of Topliss-reactive ketones (excluding diaryl/α,β-unsaturated/α-hetero) is 1. The molecule has 0 saturated heterocycles. The van der Waals surface area contributed by atoms with Crippen molar-refractivity contribution >= 4 is 11.8 Å². The SMILES string of the molecule is CCCOC(=O)C1=C(C)NC2=C(C(=O)CC(c3ccccc3)C2)C1c1ccccc1OCc1ccccc1. The van der Waals surface area contributed by atoms with E-state index in [9.17, 15) is 9.59 Å². The van der Waals surface area contributed by atoms with Crippen molar-refractivity contribution in [3.05, 3.63) is 124 Å². The van der Waals surface area contributed by atoms with Gasteiger partial charge in [-0.25, -0.2) is 4.79 Å². The van der Waals surface area contributed by atoms with Gasteiger partial charge in [0, 0.05) is 29.0 Å². The van der Waals surface area contributed by atoms with Gasteiger partial charge in [0.1, 0.15) is 12.4 Å². The van der Waals surface area contributed by atoms with Crippen LogP contribution in [0, 0.1) is 0 Å². The molecular formula is C33H33NO4. The Morgan fingerprint density at radius 2 is 1.61 bits per heavy atom. The maximum Gasteiger partial charge on any atom is 0.336 e. The molecule has 0 bridgehead atoms. The standard InChI is InChI=1S/C33H33NO4/c1-3-18-37-33(36)30-22(2)34-27-19-25(24-14-8-5-9-15-24)20-28(35)32(27)31(30)26-16-10-11-17-29(26)38-21-23-12-6-4-7-13-23/h4-17,25,31,34H,3,18-21H2,1-2H3. The number of carbonyl (C=O) groups excluding carboxylic acids is 2. The van der Waals surface area contributed by atoms with Crippen LogP contribution in [0.15, 0.2) is 107 Å². The minimum atomic E-state index is -0.563. The highest BCUT2D eigenvalue weighted by Crippen LogP contribution is 2.47. The number of hydrogen-bond acceptors (Lipinski definition) is 5. The topological polar surface area (TPSA) is 64.6 Å². The number of nitrogens with one attached hydrogen (secondary N) is 1. The molecule has 1 N–H and O–H groups in total. The molecule has 0 radical (unpaired) electrons. The lowest BCUT2D eigenvalue weighted by molar-refractivity contribution is -0.139. The number of rotatable bonds is 8.